The molecule has 1 aliphatic carbocycles. The fourth-order valence-electron chi connectivity index (χ4n) is 3.04. The van der Waals surface area contributed by atoms with Crippen LogP contribution in [0.15, 0.2) is 35.5 Å². The third-order valence-corrected chi connectivity index (χ3v) is 4.61. The van der Waals surface area contributed by atoms with Gasteiger partial charge in [-0.15, -0.1) is 0 Å². The molecule has 1 aliphatic heterocycles. The Balaban J connectivity index is 2.11. The van der Waals surface area contributed by atoms with E-state index in [2.05, 4.69) is 5.32 Å². The zero-order valence-corrected chi connectivity index (χ0v) is 14.3. The Bertz CT molecular complexity index is 682. The second kappa shape index (κ2) is 6.20. The van der Waals surface area contributed by atoms with Gasteiger partial charge in [0.1, 0.15) is 5.75 Å². The number of methoxy groups -OCH3 is 2. The molecule has 1 saturated carbocycles. The van der Waals surface area contributed by atoms with Crippen LogP contribution in [-0.2, 0) is 9.53 Å². The molecular formula is C17H20N2O3S. The van der Waals surface area contributed by atoms with E-state index < -0.39 is 0 Å². The second-order valence-corrected chi connectivity index (χ2v) is 6.10. The van der Waals surface area contributed by atoms with E-state index in [1.54, 1.807) is 7.11 Å². The molecule has 3 rings (SSSR count). The quantitative estimate of drug-likeness (QED) is 0.675. The Morgan fingerprint density at radius 2 is 2.00 bits per heavy atom. The first-order valence-corrected chi connectivity index (χ1v) is 8.01. The number of rotatable bonds is 4. The van der Waals surface area contributed by atoms with Crippen LogP contribution in [0.5, 0.6) is 5.75 Å². The van der Waals surface area contributed by atoms with Crippen molar-refractivity contribution in [2.45, 2.75) is 31.8 Å². The maximum absolute atomic E-state index is 12.4. The molecule has 0 spiro atoms. The van der Waals surface area contributed by atoms with E-state index >= 15 is 0 Å². The maximum atomic E-state index is 12.4. The van der Waals surface area contributed by atoms with Crippen LogP contribution >= 0.6 is 12.2 Å². The number of para-hydroxylation sites is 1. The van der Waals surface area contributed by atoms with Gasteiger partial charge in [0.2, 0.25) is 0 Å². The van der Waals surface area contributed by atoms with E-state index in [1.165, 1.54) is 7.11 Å². The summed E-state index contributed by atoms with van der Waals surface area (Å²) in [6.45, 7) is 1.93. The molecule has 0 saturated heterocycles. The number of allylic oxidation sites excluding steroid dienone is 1. The topological polar surface area (TPSA) is 50.8 Å². The largest absolute Gasteiger partial charge is 0.496 e. The molecule has 1 N–H and O–H groups in total. The van der Waals surface area contributed by atoms with E-state index in [4.69, 9.17) is 21.7 Å². The summed E-state index contributed by atoms with van der Waals surface area (Å²) in [7, 11) is 3.02. The number of carbonyl (C=O) groups is 1. The molecular weight excluding hydrogens is 312 g/mol. The van der Waals surface area contributed by atoms with Gasteiger partial charge < -0.3 is 19.7 Å². The molecule has 1 fully saturated rings. The minimum Gasteiger partial charge on any atom is -0.496 e. The van der Waals surface area contributed by atoms with Gasteiger partial charge in [-0.25, -0.2) is 4.79 Å². The number of thiocarbonyl (C=S) groups is 1. The molecule has 0 bridgehead atoms. The SMILES string of the molecule is COC(=O)C1=C(C)N(C2CC2)C(=S)NC1c1ccccc1OC. The van der Waals surface area contributed by atoms with Crippen LogP contribution in [0.2, 0.25) is 0 Å². The molecule has 0 radical (unpaired) electrons. The van der Waals surface area contributed by atoms with E-state index in [1.807, 2.05) is 36.1 Å². The molecule has 122 valence electrons. The number of esters is 1. The van der Waals surface area contributed by atoms with E-state index in [-0.39, 0.29) is 12.0 Å². The summed E-state index contributed by atoms with van der Waals surface area (Å²) in [6.07, 6.45) is 2.18. The molecule has 1 atom stereocenters. The highest BCUT2D eigenvalue weighted by Gasteiger charge is 2.41. The van der Waals surface area contributed by atoms with Crippen molar-refractivity contribution in [2.24, 2.45) is 0 Å². The summed E-state index contributed by atoms with van der Waals surface area (Å²) in [6, 6.07) is 7.63. The zero-order valence-electron chi connectivity index (χ0n) is 13.5. The standard InChI is InChI=1S/C17H20N2O3S/c1-10-14(16(20)22-3)15(12-6-4-5-7-13(12)21-2)18-17(23)19(10)11-8-9-11/h4-7,11,15H,8-9H2,1-3H3,(H,18,23). The zero-order chi connectivity index (χ0) is 16.6. The summed E-state index contributed by atoms with van der Waals surface area (Å²) < 4.78 is 10.5. The Labute approximate surface area is 141 Å². The normalized spacial score (nSPS) is 21.1. The van der Waals surface area contributed by atoms with Crippen LogP contribution in [0.4, 0.5) is 0 Å². The minimum atomic E-state index is -0.374. The fourth-order valence-corrected chi connectivity index (χ4v) is 3.45. The summed E-state index contributed by atoms with van der Waals surface area (Å²) in [5, 5.41) is 3.94. The summed E-state index contributed by atoms with van der Waals surface area (Å²) >= 11 is 5.54. The lowest BCUT2D eigenvalue weighted by molar-refractivity contribution is -0.136. The highest BCUT2D eigenvalue weighted by molar-refractivity contribution is 7.80. The van der Waals surface area contributed by atoms with Gasteiger partial charge in [-0.2, -0.15) is 0 Å². The highest BCUT2D eigenvalue weighted by Crippen LogP contribution is 2.39. The monoisotopic (exact) mass is 332 g/mol. The van der Waals surface area contributed by atoms with Crippen LogP contribution in [0.25, 0.3) is 0 Å². The lowest BCUT2D eigenvalue weighted by atomic mass is 9.94. The Hall–Kier alpha value is -2.08. The van der Waals surface area contributed by atoms with Gasteiger partial charge in [-0.05, 0) is 38.0 Å². The highest BCUT2D eigenvalue weighted by atomic mass is 32.1. The van der Waals surface area contributed by atoms with Gasteiger partial charge in [0.15, 0.2) is 5.11 Å². The first-order valence-electron chi connectivity index (χ1n) is 7.60. The maximum Gasteiger partial charge on any atom is 0.337 e. The van der Waals surface area contributed by atoms with Crippen molar-refractivity contribution in [1.82, 2.24) is 10.2 Å². The van der Waals surface area contributed by atoms with E-state index in [0.29, 0.717) is 22.5 Å². The Morgan fingerprint density at radius 3 is 2.61 bits per heavy atom. The molecule has 2 aliphatic rings. The van der Waals surface area contributed by atoms with Gasteiger partial charge in [-0.3, -0.25) is 0 Å². The van der Waals surface area contributed by atoms with Crippen LogP contribution in [0.3, 0.4) is 0 Å². The van der Waals surface area contributed by atoms with Crippen molar-refractivity contribution in [3.63, 3.8) is 0 Å². The average molecular weight is 332 g/mol. The number of ether oxygens (including phenoxy) is 2. The van der Waals surface area contributed by atoms with Gasteiger partial charge in [0.05, 0.1) is 25.8 Å². The predicted octanol–water partition coefficient (Wildman–Crippen LogP) is 2.54. The van der Waals surface area contributed by atoms with Crippen LogP contribution in [0, 0.1) is 0 Å². The average Bonchev–Trinajstić information content (AvgIpc) is 3.38. The first kappa shape index (κ1) is 15.8. The third-order valence-electron chi connectivity index (χ3n) is 4.29. The van der Waals surface area contributed by atoms with Crippen molar-refractivity contribution < 1.29 is 14.3 Å². The summed E-state index contributed by atoms with van der Waals surface area (Å²) in [5.41, 5.74) is 2.31. The number of benzene rings is 1. The number of hydrogen-bond acceptors (Lipinski definition) is 4. The van der Waals surface area contributed by atoms with Gasteiger partial charge >= 0.3 is 5.97 Å². The van der Waals surface area contributed by atoms with E-state index in [0.717, 1.165) is 24.1 Å². The summed E-state index contributed by atoms with van der Waals surface area (Å²) in [4.78, 5) is 14.5. The second-order valence-electron chi connectivity index (χ2n) is 5.72. The lowest BCUT2D eigenvalue weighted by Crippen LogP contribution is -2.48. The van der Waals surface area contributed by atoms with Crippen molar-refractivity contribution in [3.05, 3.63) is 41.1 Å². The van der Waals surface area contributed by atoms with Crippen LogP contribution in [0.1, 0.15) is 31.4 Å². The van der Waals surface area contributed by atoms with Crippen molar-refractivity contribution in [1.29, 1.82) is 0 Å². The molecule has 6 heteroatoms. The van der Waals surface area contributed by atoms with Gasteiger partial charge in [-0.1, -0.05) is 18.2 Å². The fraction of sp³-hybridized carbons (Fsp3) is 0.412. The number of nitrogens with zero attached hydrogens (tertiary/aromatic N) is 1. The smallest absolute Gasteiger partial charge is 0.337 e. The Morgan fingerprint density at radius 1 is 1.30 bits per heavy atom. The lowest BCUT2D eigenvalue weighted by Gasteiger charge is -2.38. The van der Waals surface area contributed by atoms with Crippen molar-refractivity contribution in [2.75, 3.05) is 14.2 Å². The molecule has 1 heterocycles. The molecule has 23 heavy (non-hydrogen) atoms. The number of hydrogen-bond donors (Lipinski definition) is 1. The first-order chi connectivity index (χ1) is 11.1. The van der Waals surface area contributed by atoms with Gasteiger partial charge in [0, 0.05) is 17.3 Å². The minimum absolute atomic E-state index is 0.348. The van der Waals surface area contributed by atoms with Crippen LogP contribution in [-0.4, -0.2) is 36.2 Å². The number of nitrogens with one attached hydrogen (secondary N) is 1. The Kier molecular flexibility index (Phi) is 4.26. The van der Waals surface area contributed by atoms with Crippen molar-refractivity contribution in [3.8, 4) is 5.75 Å². The predicted molar refractivity (Wildman–Crippen MR) is 91.0 cm³/mol. The molecule has 1 unspecified atom stereocenters. The van der Waals surface area contributed by atoms with E-state index in [9.17, 15) is 4.79 Å². The molecule has 1 aromatic carbocycles. The van der Waals surface area contributed by atoms with Gasteiger partial charge in [0.25, 0.3) is 0 Å². The third kappa shape index (κ3) is 2.79. The molecule has 0 amide bonds. The van der Waals surface area contributed by atoms with Crippen molar-refractivity contribution >= 4 is 23.3 Å². The molecule has 5 nitrogen and oxygen atoms in total. The molecule has 1 aromatic rings. The number of carbonyl (C=O) groups excluding carboxylic acids is 1. The van der Waals surface area contributed by atoms with Crippen LogP contribution < -0.4 is 10.1 Å². The molecule has 0 aromatic heterocycles. The summed E-state index contributed by atoms with van der Waals surface area (Å²) in [5.74, 6) is 0.362.